The number of ether oxygens (including phenoxy) is 1. The van der Waals surface area contributed by atoms with Gasteiger partial charge in [-0.25, -0.2) is 9.36 Å². The fourth-order valence-electron chi connectivity index (χ4n) is 4.45. The van der Waals surface area contributed by atoms with Crippen LogP contribution in [-0.2, 0) is 6.42 Å². The summed E-state index contributed by atoms with van der Waals surface area (Å²) in [6, 6.07) is 23.8. The molecule has 7 heteroatoms. The second-order valence-electron chi connectivity index (χ2n) is 8.22. The fourth-order valence-corrected chi connectivity index (χ4v) is 4.82. The lowest BCUT2D eigenvalue weighted by atomic mass is 9.86. The van der Waals surface area contributed by atoms with Crippen molar-refractivity contribution in [3.8, 4) is 23.1 Å². The molecule has 0 amide bonds. The van der Waals surface area contributed by atoms with Gasteiger partial charge in [0, 0.05) is 27.1 Å². The molecule has 0 aliphatic carbocycles. The quantitative estimate of drug-likeness (QED) is 0.264. The molecule has 0 unspecified atom stereocenters. The number of benzene rings is 3. The molecular weight excluding hydrogens is 467 g/mol. The van der Waals surface area contributed by atoms with E-state index >= 15 is 0 Å². The SMILES string of the molecule is CCc1ccc(C2c3cnn(-c4cccc(Cl)c4)c3Oc3c2cnn3-c2cccc(Cl)c2)cc1. The molecule has 0 fully saturated rings. The minimum Gasteiger partial charge on any atom is -0.420 e. The van der Waals surface area contributed by atoms with Gasteiger partial charge in [0.05, 0.1) is 23.8 Å². The van der Waals surface area contributed by atoms with Crippen LogP contribution in [0.2, 0.25) is 10.0 Å². The predicted octanol–water partition coefficient (Wildman–Crippen LogP) is 7.21. The molecule has 34 heavy (non-hydrogen) atoms. The molecule has 0 bridgehead atoms. The average Bonchev–Trinajstić information content (AvgIpc) is 3.47. The molecule has 0 radical (unpaired) electrons. The number of aryl methyl sites for hydroxylation is 1. The van der Waals surface area contributed by atoms with Crippen LogP contribution in [0.4, 0.5) is 0 Å². The van der Waals surface area contributed by atoms with Crippen molar-refractivity contribution in [2.75, 3.05) is 0 Å². The van der Waals surface area contributed by atoms with Crippen LogP contribution in [0, 0.1) is 0 Å². The van der Waals surface area contributed by atoms with Crippen LogP contribution in [-0.4, -0.2) is 19.6 Å². The summed E-state index contributed by atoms with van der Waals surface area (Å²) in [4.78, 5) is 0. The van der Waals surface area contributed by atoms with Gasteiger partial charge in [-0.3, -0.25) is 0 Å². The van der Waals surface area contributed by atoms with Crippen LogP contribution in [0.3, 0.4) is 0 Å². The minimum atomic E-state index is -0.0782. The van der Waals surface area contributed by atoms with E-state index in [2.05, 4.69) is 41.4 Å². The highest BCUT2D eigenvalue weighted by atomic mass is 35.5. The molecule has 1 aliphatic heterocycles. The van der Waals surface area contributed by atoms with Gasteiger partial charge in [0.15, 0.2) is 0 Å². The van der Waals surface area contributed by atoms with Crippen LogP contribution in [0.5, 0.6) is 11.8 Å². The molecule has 0 saturated carbocycles. The van der Waals surface area contributed by atoms with E-state index in [1.54, 1.807) is 9.36 Å². The van der Waals surface area contributed by atoms with E-state index in [0.717, 1.165) is 34.5 Å². The third kappa shape index (κ3) is 3.49. The maximum absolute atomic E-state index is 6.52. The minimum absolute atomic E-state index is 0.0782. The van der Waals surface area contributed by atoms with Gasteiger partial charge in [-0.05, 0) is 53.9 Å². The number of rotatable bonds is 4. The predicted molar refractivity (Wildman–Crippen MR) is 134 cm³/mol. The summed E-state index contributed by atoms with van der Waals surface area (Å²) in [6.07, 6.45) is 4.73. The van der Waals surface area contributed by atoms with Crippen molar-refractivity contribution in [3.05, 3.63) is 117 Å². The topological polar surface area (TPSA) is 44.9 Å². The first kappa shape index (κ1) is 21.0. The Bertz CT molecular complexity index is 1410. The molecule has 0 N–H and O–H groups in total. The summed E-state index contributed by atoms with van der Waals surface area (Å²) in [5.41, 5.74) is 6.04. The monoisotopic (exact) mass is 486 g/mol. The van der Waals surface area contributed by atoms with Gasteiger partial charge >= 0.3 is 0 Å². The first-order valence-electron chi connectivity index (χ1n) is 11.1. The second kappa shape index (κ2) is 8.35. The molecule has 2 aromatic heterocycles. The van der Waals surface area contributed by atoms with Crippen LogP contribution in [0.15, 0.2) is 85.2 Å². The van der Waals surface area contributed by atoms with Crippen LogP contribution >= 0.6 is 23.2 Å². The fraction of sp³-hybridized carbons (Fsp3) is 0.111. The number of hydrogen-bond donors (Lipinski definition) is 0. The number of halogens is 2. The molecule has 0 spiro atoms. The highest BCUT2D eigenvalue weighted by Gasteiger charge is 2.35. The lowest BCUT2D eigenvalue weighted by molar-refractivity contribution is 0.392. The maximum atomic E-state index is 6.52. The van der Waals surface area contributed by atoms with E-state index < -0.39 is 0 Å². The number of fused-ring (bicyclic) bond motifs is 2. The van der Waals surface area contributed by atoms with Crippen LogP contribution in [0.1, 0.15) is 35.1 Å². The summed E-state index contributed by atoms with van der Waals surface area (Å²) in [6.45, 7) is 2.16. The molecule has 3 heterocycles. The molecule has 6 rings (SSSR count). The molecule has 5 nitrogen and oxygen atoms in total. The summed E-state index contributed by atoms with van der Waals surface area (Å²) < 4.78 is 10.1. The van der Waals surface area contributed by atoms with Crippen molar-refractivity contribution in [1.29, 1.82) is 0 Å². The van der Waals surface area contributed by atoms with Crippen molar-refractivity contribution < 1.29 is 4.74 Å². The standard InChI is InChI=1S/C27H20Cl2N4O/c1-2-17-9-11-18(12-10-17)25-23-15-30-32(21-7-3-5-19(28)13-21)26(23)34-27-24(25)16-31-33(27)22-8-4-6-20(29)14-22/h3-16,25H,2H2,1H3. The highest BCUT2D eigenvalue weighted by molar-refractivity contribution is 6.31. The van der Waals surface area contributed by atoms with Gasteiger partial charge in [0.2, 0.25) is 11.8 Å². The molecule has 1 aliphatic rings. The summed E-state index contributed by atoms with van der Waals surface area (Å²) in [5.74, 6) is 1.21. The summed E-state index contributed by atoms with van der Waals surface area (Å²) in [7, 11) is 0. The van der Waals surface area contributed by atoms with Crippen LogP contribution < -0.4 is 4.74 Å². The molecule has 0 saturated heterocycles. The van der Waals surface area contributed by atoms with Crippen molar-refractivity contribution in [3.63, 3.8) is 0 Å². The molecule has 0 atom stereocenters. The Morgan fingerprint density at radius 1 is 0.765 bits per heavy atom. The lowest BCUT2D eigenvalue weighted by Crippen LogP contribution is -2.13. The van der Waals surface area contributed by atoms with E-state index in [-0.39, 0.29) is 5.92 Å². The summed E-state index contributed by atoms with van der Waals surface area (Å²) in [5, 5.41) is 10.6. The van der Waals surface area contributed by atoms with Gasteiger partial charge in [-0.15, -0.1) is 0 Å². The van der Waals surface area contributed by atoms with Gasteiger partial charge in [0.25, 0.3) is 0 Å². The lowest BCUT2D eigenvalue weighted by Gasteiger charge is -2.25. The normalized spacial score (nSPS) is 12.8. The number of aromatic nitrogens is 4. The van der Waals surface area contributed by atoms with Crippen molar-refractivity contribution >= 4 is 23.2 Å². The molecule has 5 aromatic rings. The zero-order valence-corrected chi connectivity index (χ0v) is 19.8. The Morgan fingerprint density at radius 3 is 1.76 bits per heavy atom. The van der Waals surface area contributed by atoms with Crippen LogP contribution in [0.25, 0.3) is 11.4 Å². The Labute approximate surface area is 207 Å². The Hall–Kier alpha value is -3.54. The smallest absolute Gasteiger partial charge is 0.228 e. The molecule has 3 aromatic carbocycles. The van der Waals surface area contributed by atoms with E-state index in [1.165, 1.54) is 5.56 Å². The average molecular weight is 487 g/mol. The van der Waals surface area contributed by atoms with Gasteiger partial charge in [0.1, 0.15) is 0 Å². The van der Waals surface area contributed by atoms with Gasteiger partial charge in [-0.2, -0.15) is 10.2 Å². The molecule has 168 valence electrons. The molecular formula is C27H20Cl2N4O. The highest BCUT2D eigenvalue weighted by Crippen LogP contribution is 2.48. The van der Waals surface area contributed by atoms with Gasteiger partial charge in [-0.1, -0.05) is 66.5 Å². The van der Waals surface area contributed by atoms with E-state index in [9.17, 15) is 0 Å². The summed E-state index contributed by atoms with van der Waals surface area (Å²) >= 11 is 12.5. The first-order chi connectivity index (χ1) is 16.6. The zero-order valence-electron chi connectivity index (χ0n) is 18.3. The van der Waals surface area contributed by atoms with Crippen molar-refractivity contribution in [1.82, 2.24) is 19.6 Å². The van der Waals surface area contributed by atoms with Gasteiger partial charge < -0.3 is 4.74 Å². The Balaban J connectivity index is 1.55. The zero-order chi connectivity index (χ0) is 23.2. The van der Waals surface area contributed by atoms with Crippen molar-refractivity contribution in [2.45, 2.75) is 19.3 Å². The maximum Gasteiger partial charge on any atom is 0.228 e. The number of nitrogens with zero attached hydrogens (tertiary/aromatic N) is 4. The second-order valence-corrected chi connectivity index (χ2v) is 9.10. The number of hydrogen-bond acceptors (Lipinski definition) is 3. The third-order valence-electron chi connectivity index (χ3n) is 6.15. The van der Waals surface area contributed by atoms with E-state index in [4.69, 9.17) is 27.9 Å². The van der Waals surface area contributed by atoms with E-state index in [0.29, 0.717) is 21.8 Å². The Morgan fingerprint density at radius 2 is 1.29 bits per heavy atom. The Kier molecular flexibility index (Phi) is 5.16. The first-order valence-corrected chi connectivity index (χ1v) is 11.8. The largest absolute Gasteiger partial charge is 0.420 e. The van der Waals surface area contributed by atoms with Crippen molar-refractivity contribution in [2.24, 2.45) is 0 Å². The van der Waals surface area contributed by atoms with E-state index in [1.807, 2.05) is 60.9 Å². The third-order valence-corrected chi connectivity index (χ3v) is 6.62.